The molecule has 1 N–H and O–H groups in total. The maximum atomic E-state index is 14.0. The van der Waals surface area contributed by atoms with Crippen molar-refractivity contribution in [1.29, 1.82) is 0 Å². The maximum Gasteiger partial charge on any atom is 0.252 e. The van der Waals surface area contributed by atoms with E-state index in [0.29, 0.717) is 40.0 Å². The molecule has 34 heavy (non-hydrogen) atoms. The van der Waals surface area contributed by atoms with Crippen LogP contribution in [-0.2, 0) is 21.3 Å². The van der Waals surface area contributed by atoms with Crippen molar-refractivity contribution in [3.05, 3.63) is 57.9 Å². The van der Waals surface area contributed by atoms with E-state index in [2.05, 4.69) is 13.7 Å². The Hall–Kier alpha value is -2.86. The van der Waals surface area contributed by atoms with Gasteiger partial charge in [-0.2, -0.15) is 13.1 Å². The molecule has 5 rings (SSSR count). The highest BCUT2D eigenvalue weighted by atomic mass is 32.2. The third kappa shape index (κ3) is 4.20. The van der Waals surface area contributed by atoms with Crippen LogP contribution in [0.3, 0.4) is 0 Å². The molecular formula is C23H24N4O5S2. The van der Waals surface area contributed by atoms with Crippen LogP contribution in [-0.4, -0.2) is 52.8 Å². The van der Waals surface area contributed by atoms with Gasteiger partial charge < -0.3 is 14.5 Å². The van der Waals surface area contributed by atoms with Gasteiger partial charge >= 0.3 is 0 Å². The molecule has 2 aromatic carbocycles. The summed E-state index contributed by atoms with van der Waals surface area (Å²) in [6.07, 6.45) is 1.41. The van der Waals surface area contributed by atoms with Crippen molar-refractivity contribution in [2.45, 2.75) is 37.3 Å². The molecule has 0 amide bonds. The maximum absolute atomic E-state index is 14.0. The molecule has 0 bridgehead atoms. The lowest BCUT2D eigenvalue weighted by Crippen LogP contribution is -2.38. The molecule has 0 spiro atoms. The van der Waals surface area contributed by atoms with Crippen LogP contribution in [0.1, 0.15) is 24.0 Å². The molecule has 1 aliphatic heterocycles. The van der Waals surface area contributed by atoms with Crippen LogP contribution >= 0.6 is 11.7 Å². The Kier molecular flexibility index (Phi) is 6.11. The van der Waals surface area contributed by atoms with Gasteiger partial charge in [0.25, 0.3) is 5.56 Å². The van der Waals surface area contributed by atoms with Crippen LogP contribution < -0.4 is 10.3 Å². The van der Waals surface area contributed by atoms with Crippen molar-refractivity contribution in [1.82, 2.24) is 18.0 Å². The molecule has 0 aliphatic carbocycles. The van der Waals surface area contributed by atoms with E-state index in [9.17, 15) is 13.2 Å². The molecule has 3 heterocycles. The molecule has 178 valence electrons. The van der Waals surface area contributed by atoms with E-state index in [1.54, 1.807) is 44.4 Å². The summed E-state index contributed by atoms with van der Waals surface area (Å²) in [5, 5.41) is 0.784. The fourth-order valence-corrected chi connectivity index (χ4v) is 6.71. The van der Waals surface area contributed by atoms with Gasteiger partial charge in [0.15, 0.2) is 0 Å². The molecule has 11 heteroatoms. The molecule has 1 aliphatic rings. The summed E-state index contributed by atoms with van der Waals surface area (Å²) in [5.74, 6) is 0.624. The first-order valence-corrected chi connectivity index (χ1v) is 13.1. The number of nitrogens with one attached hydrogen (secondary N) is 1. The molecule has 1 atom stereocenters. The first-order valence-electron chi connectivity index (χ1n) is 10.9. The Morgan fingerprint density at radius 1 is 1.24 bits per heavy atom. The first-order chi connectivity index (χ1) is 16.4. The number of aryl methyl sites for hydroxylation is 1. The predicted molar refractivity (Wildman–Crippen MR) is 130 cm³/mol. The number of ether oxygens (including phenoxy) is 2. The van der Waals surface area contributed by atoms with Gasteiger partial charge in [-0.3, -0.25) is 4.79 Å². The topological polar surface area (TPSA) is 114 Å². The zero-order valence-electron chi connectivity index (χ0n) is 18.8. The average Bonchev–Trinajstić information content (AvgIpc) is 3.50. The molecule has 0 radical (unpaired) electrons. The van der Waals surface area contributed by atoms with Crippen molar-refractivity contribution < 1.29 is 17.9 Å². The Bertz CT molecular complexity index is 1520. The standard InChI is InChI=1S/C23H24N4O5S2/c1-14-5-8-19-21(26-33-25-19)22(14)34(29,30)27(13-18-4-3-9-32-18)12-16-10-15-6-7-17(31-2)11-20(15)24-23(16)28/h5-8,10-11,18H,3-4,9,12-13H2,1-2H3,(H,24,28)/t18-/m1/s1. The Balaban J connectivity index is 1.59. The van der Waals surface area contributed by atoms with Crippen molar-refractivity contribution in [3.63, 3.8) is 0 Å². The van der Waals surface area contributed by atoms with Gasteiger partial charge in [-0.25, -0.2) is 8.42 Å². The molecule has 0 saturated carbocycles. The highest BCUT2D eigenvalue weighted by Crippen LogP contribution is 2.30. The minimum absolute atomic E-state index is 0.0904. The summed E-state index contributed by atoms with van der Waals surface area (Å²) in [5.41, 5.74) is 2.08. The predicted octanol–water partition coefficient (Wildman–Crippen LogP) is 3.22. The van der Waals surface area contributed by atoms with Gasteiger partial charge in [-0.05, 0) is 55.0 Å². The number of benzene rings is 2. The van der Waals surface area contributed by atoms with E-state index >= 15 is 0 Å². The lowest BCUT2D eigenvalue weighted by molar-refractivity contribution is 0.0925. The zero-order valence-corrected chi connectivity index (χ0v) is 20.4. The number of H-pyrrole nitrogens is 1. The number of methoxy groups -OCH3 is 1. The highest BCUT2D eigenvalue weighted by molar-refractivity contribution is 7.89. The van der Waals surface area contributed by atoms with Crippen LogP contribution in [0.2, 0.25) is 0 Å². The number of sulfonamides is 1. The highest BCUT2D eigenvalue weighted by Gasteiger charge is 2.33. The van der Waals surface area contributed by atoms with Crippen molar-refractivity contribution in [3.8, 4) is 5.75 Å². The fourth-order valence-electron chi connectivity index (χ4n) is 4.31. The molecule has 0 unspecified atom stereocenters. The summed E-state index contributed by atoms with van der Waals surface area (Å²) in [4.78, 5) is 15.9. The van der Waals surface area contributed by atoms with E-state index in [-0.39, 0.29) is 29.6 Å². The molecule has 4 aromatic rings. The van der Waals surface area contributed by atoms with E-state index < -0.39 is 10.0 Å². The number of nitrogens with zero attached hydrogens (tertiary/aromatic N) is 3. The van der Waals surface area contributed by atoms with Gasteiger partial charge in [-0.1, -0.05) is 6.07 Å². The van der Waals surface area contributed by atoms with E-state index in [0.717, 1.165) is 30.0 Å². The quantitative estimate of drug-likeness (QED) is 0.414. The average molecular weight is 501 g/mol. The molecule has 1 saturated heterocycles. The van der Waals surface area contributed by atoms with Crippen LogP contribution in [0.15, 0.2) is 46.1 Å². The van der Waals surface area contributed by atoms with Crippen LogP contribution in [0.4, 0.5) is 0 Å². The lowest BCUT2D eigenvalue weighted by Gasteiger charge is -2.25. The number of hydrogen-bond acceptors (Lipinski definition) is 8. The molecule has 2 aromatic heterocycles. The minimum atomic E-state index is -4.01. The second-order valence-corrected chi connectivity index (χ2v) is 10.8. The van der Waals surface area contributed by atoms with Gasteiger partial charge in [0.1, 0.15) is 21.7 Å². The number of aromatic nitrogens is 3. The third-order valence-electron chi connectivity index (χ3n) is 6.08. The Labute approximate surface area is 200 Å². The third-order valence-corrected chi connectivity index (χ3v) is 8.62. The first kappa shape index (κ1) is 22.9. The van der Waals surface area contributed by atoms with Gasteiger partial charge in [0.05, 0.1) is 30.5 Å². The van der Waals surface area contributed by atoms with Crippen molar-refractivity contribution in [2.24, 2.45) is 0 Å². The van der Waals surface area contributed by atoms with Gasteiger partial charge in [0.2, 0.25) is 10.0 Å². The summed E-state index contributed by atoms with van der Waals surface area (Å²) in [6, 6.07) is 10.6. The number of pyridine rings is 1. The van der Waals surface area contributed by atoms with E-state index in [4.69, 9.17) is 9.47 Å². The van der Waals surface area contributed by atoms with Crippen LogP contribution in [0.5, 0.6) is 5.75 Å². The number of rotatable bonds is 7. The van der Waals surface area contributed by atoms with E-state index in [1.807, 2.05) is 6.07 Å². The normalized spacial score (nSPS) is 16.6. The number of aromatic amines is 1. The SMILES string of the molecule is COc1ccc2cc(CN(C[C@H]3CCCO3)S(=O)(=O)c3c(C)ccc4nsnc34)c(=O)[nH]c2c1. The second-order valence-electron chi connectivity index (χ2n) is 8.35. The van der Waals surface area contributed by atoms with E-state index in [1.165, 1.54) is 4.31 Å². The minimum Gasteiger partial charge on any atom is -0.497 e. The molecule has 1 fully saturated rings. The van der Waals surface area contributed by atoms with Gasteiger partial charge in [-0.15, -0.1) is 0 Å². The Morgan fingerprint density at radius 2 is 2.09 bits per heavy atom. The largest absolute Gasteiger partial charge is 0.497 e. The van der Waals surface area contributed by atoms with Crippen LogP contribution in [0, 0.1) is 6.92 Å². The molecule has 9 nitrogen and oxygen atoms in total. The van der Waals surface area contributed by atoms with Crippen molar-refractivity contribution in [2.75, 3.05) is 20.3 Å². The zero-order chi connectivity index (χ0) is 23.9. The fraction of sp³-hybridized carbons (Fsp3) is 0.348. The summed E-state index contributed by atoms with van der Waals surface area (Å²) >= 11 is 0.974. The smallest absolute Gasteiger partial charge is 0.252 e. The summed E-state index contributed by atoms with van der Waals surface area (Å²) in [7, 11) is -2.45. The van der Waals surface area contributed by atoms with Gasteiger partial charge in [0, 0.05) is 31.3 Å². The number of fused-ring (bicyclic) bond motifs is 2. The molecular weight excluding hydrogens is 476 g/mol. The van der Waals surface area contributed by atoms with Crippen molar-refractivity contribution >= 4 is 43.7 Å². The summed E-state index contributed by atoms with van der Waals surface area (Å²) in [6.45, 7) is 2.40. The number of hydrogen-bond donors (Lipinski definition) is 1. The second kappa shape index (κ2) is 9.06. The Morgan fingerprint density at radius 3 is 2.85 bits per heavy atom. The summed E-state index contributed by atoms with van der Waals surface area (Å²) < 4.78 is 48.8. The monoisotopic (exact) mass is 500 g/mol. The lowest BCUT2D eigenvalue weighted by atomic mass is 10.1. The van der Waals surface area contributed by atoms with Crippen LogP contribution in [0.25, 0.3) is 21.9 Å².